The highest BCUT2D eigenvalue weighted by atomic mass is 19.1. The van der Waals surface area contributed by atoms with Crippen molar-refractivity contribution in [1.29, 1.82) is 0 Å². The van der Waals surface area contributed by atoms with Gasteiger partial charge < -0.3 is 15.2 Å². The first-order valence-corrected chi connectivity index (χ1v) is 6.59. The van der Waals surface area contributed by atoms with Crippen LogP contribution in [0.3, 0.4) is 0 Å². The monoisotopic (exact) mass is 285 g/mol. The fraction of sp³-hybridized carbons (Fsp3) is 0.176. The van der Waals surface area contributed by atoms with E-state index in [1.165, 1.54) is 6.07 Å². The summed E-state index contributed by atoms with van der Waals surface area (Å²) in [6, 6.07) is 13.9. The van der Waals surface area contributed by atoms with Crippen LogP contribution in [0.15, 0.2) is 48.5 Å². The van der Waals surface area contributed by atoms with Crippen LogP contribution >= 0.6 is 0 Å². The summed E-state index contributed by atoms with van der Waals surface area (Å²) in [5.41, 5.74) is 5.97. The van der Waals surface area contributed by atoms with E-state index in [0.29, 0.717) is 12.2 Å². The van der Waals surface area contributed by atoms with Crippen molar-refractivity contribution in [3.05, 3.63) is 59.9 Å². The molecule has 0 amide bonds. The lowest BCUT2D eigenvalue weighted by atomic mass is 10.2. The van der Waals surface area contributed by atoms with E-state index in [0.717, 1.165) is 5.75 Å². The molecule has 21 heavy (non-hydrogen) atoms. The Balaban J connectivity index is 1.87. The molecule has 0 aromatic heterocycles. The Morgan fingerprint density at radius 1 is 1.00 bits per heavy atom. The molecule has 0 saturated heterocycles. The lowest BCUT2D eigenvalue weighted by molar-refractivity contribution is 0.211. The van der Waals surface area contributed by atoms with Gasteiger partial charge in [0, 0.05) is 5.56 Å². The smallest absolute Gasteiger partial charge is 0.165 e. The molecule has 108 valence electrons. The minimum atomic E-state index is -0.423. The van der Waals surface area contributed by atoms with Crippen LogP contribution in [-0.2, 0) is 0 Å². The van der Waals surface area contributed by atoms with Crippen molar-refractivity contribution in [2.45, 2.75) is 0 Å². The molecule has 2 N–H and O–H groups in total. The molecule has 4 heteroatoms. The summed E-state index contributed by atoms with van der Waals surface area (Å²) in [5.74, 6) is 6.04. The molecule has 0 aliphatic heterocycles. The third kappa shape index (κ3) is 4.83. The second-order valence-electron chi connectivity index (χ2n) is 4.16. The zero-order chi connectivity index (χ0) is 14.9. The fourth-order valence-electron chi connectivity index (χ4n) is 1.67. The molecule has 0 fully saturated rings. The Morgan fingerprint density at radius 3 is 2.52 bits per heavy atom. The predicted molar refractivity (Wildman–Crippen MR) is 79.8 cm³/mol. The third-order valence-corrected chi connectivity index (χ3v) is 2.62. The average Bonchev–Trinajstić information content (AvgIpc) is 2.53. The van der Waals surface area contributed by atoms with E-state index in [2.05, 4.69) is 11.8 Å². The summed E-state index contributed by atoms with van der Waals surface area (Å²) in [6.45, 7) is 0.847. The maximum atomic E-state index is 13.6. The molecular formula is C17H16FNO2. The Hall–Kier alpha value is -2.51. The van der Waals surface area contributed by atoms with Gasteiger partial charge in [0.15, 0.2) is 11.6 Å². The molecule has 2 aromatic carbocycles. The number of nitrogens with two attached hydrogens (primary N) is 1. The van der Waals surface area contributed by atoms with Crippen molar-refractivity contribution in [2.75, 3.05) is 19.8 Å². The summed E-state index contributed by atoms with van der Waals surface area (Å²) in [6.07, 6.45) is 0. The number of hydrogen-bond acceptors (Lipinski definition) is 3. The zero-order valence-electron chi connectivity index (χ0n) is 11.5. The molecule has 0 radical (unpaired) electrons. The van der Waals surface area contributed by atoms with E-state index >= 15 is 0 Å². The number of rotatable bonds is 5. The van der Waals surface area contributed by atoms with Gasteiger partial charge in [0.1, 0.15) is 19.0 Å². The highest BCUT2D eigenvalue weighted by Crippen LogP contribution is 2.18. The topological polar surface area (TPSA) is 44.5 Å². The summed E-state index contributed by atoms with van der Waals surface area (Å²) in [7, 11) is 0. The van der Waals surface area contributed by atoms with E-state index in [1.54, 1.807) is 12.1 Å². The van der Waals surface area contributed by atoms with E-state index in [9.17, 15) is 4.39 Å². The molecule has 0 unspecified atom stereocenters. The molecule has 0 atom stereocenters. The summed E-state index contributed by atoms with van der Waals surface area (Å²) < 4.78 is 24.5. The van der Waals surface area contributed by atoms with Gasteiger partial charge in [0.25, 0.3) is 0 Å². The number of ether oxygens (including phenoxy) is 2. The quantitative estimate of drug-likeness (QED) is 0.678. The summed E-state index contributed by atoms with van der Waals surface area (Å²) in [5, 5.41) is 0. The molecular weight excluding hydrogens is 269 g/mol. The Labute approximate surface area is 123 Å². The molecule has 2 aromatic rings. The van der Waals surface area contributed by atoms with Gasteiger partial charge in [-0.25, -0.2) is 4.39 Å². The van der Waals surface area contributed by atoms with Gasteiger partial charge in [-0.15, -0.1) is 0 Å². The van der Waals surface area contributed by atoms with Crippen LogP contribution in [0.4, 0.5) is 4.39 Å². The largest absolute Gasteiger partial charge is 0.490 e. The van der Waals surface area contributed by atoms with E-state index < -0.39 is 5.82 Å². The van der Waals surface area contributed by atoms with Crippen molar-refractivity contribution in [3.8, 4) is 23.3 Å². The second-order valence-corrected chi connectivity index (χ2v) is 4.16. The standard InChI is InChI=1S/C17H16FNO2/c18-16-9-8-14(5-4-10-19)13-17(16)21-12-11-20-15-6-2-1-3-7-15/h1-3,6-9,13H,10-12,19H2. The molecule has 0 aliphatic carbocycles. The van der Waals surface area contributed by atoms with Gasteiger partial charge in [-0.05, 0) is 30.3 Å². The molecule has 0 spiro atoms. The van der Waals surface area contributed by atoms with Gasteiger partial charge in [-0.1, -0.05) is 30.0 Å². The van der Waals surface area contributed by atoms with Crippen molar-refractivity contribution in [3.63, 3.8) is 0 Å². The van der Waals surface area contributed by atoms with Crippen molar-refractivity contribution < 1.29 is 13.9 Å². The molecule has 0 saturated carbocycles. The van der Waals surface area contributed by atoms with Crippen molar-refractivity contribution >= 4 is 0 Å². The molecule has 0 heterocycles. The third-order valence-electron chi connectivity index (χ3n) is 2.62. The van der Waals surface area contributed by atoms with Gasteiger partial charge in [0.05, 0.1) is 6.54 Å². The van der Waals surface area contributed by atoms with Crippen LogP contribution in [0, 0.1) is 17.7 Å². The normalized spacial score (nSPS) is 9.62. The number of para-hydroxylation sites is 1. The number of hydrogen-bond donors (Lipinski definition) is 1. The SMILES string of the molecule is NCC#Cc1ccc(F)c(OCCOc2ccccc2)c1. The first-order chi connectivity index (χ1) is 10.3. The van der Waals surface area contributed by atoms with Crippen LogP contribution in [0.2, 0.25) is 0 Å². The van der Waals surface area contributed by atoms with Crippen molar-refractivity contribution in [2.24, 2.45) is 5.73 Å². The maximum Gasteiger partial charge on any atom is 0.165 e. The number of benzene rings is 2. The lowest BCUT2D eigenvalue weighted by Crippen LogP contribution is -2.09. The summed E-state index contributed by atoms with van der Waals surface area (Å²) >= 11 is 0. The first-order valence-electron chi connectivity index (χ1n) is 6.59. The van der Waals surface area contributed by atoms with Crippen LogP contribution in [-0.4, -0.2) is 19.8 Å². The van der Waals surface area contributed by atoms with Crippen LogP contribution in [0.25, 0.3) is 0 Å². The fourth-order valence-corrected chi connectivity index (χ4v) is 1.67. The number of halogens is 1. The van der Waals surface area contributed by atoms with Crippen LogP contribution in [0.5, 0.6) is 11.5 Å². The summed E-state index contributed by atoms with van der Waals surface area (Å²) in [4.78, 5) is 0. The minimum absolute atomic E-state index is 0.162. The van der Waals surface area contributed by atoms with E-state index in [4.69, 9.17) is 15.2 Å². The van der Waals surface area contributed by atoms with Gasteiger partial charge in [0.2, 0.25) is 0 Å². The van der Waals surface area contributed by atoms with Gasteiger partial charge >= 0.3 is 0 Å². The zero-order valence-corrected chi connectivity index (χ0v) is 11.5. The maximum absolute atomic E-state index is 13.6. The Bertz CT molecular complexity index is 632. The molecule has 0 bridgehead atoms. The van der Waals surface area contributed by atoms with Gasteiger partial charge in [-0.3, -0.25) is 0 Å². The highest BCUT2D eigenvalue weighted by Gasteiger charge is 2.04. The van der Waals surface area contributed by atoms with Crippen LogP contribution in [0.1, 0.15) is 5.56 Å². The lowest BCUT2D eigenvalue weighted by Gasteiger charge is -2.09. The average molecular weight is 285 g/mol. The van der Waals surface area contributed by atoms with Gasteiger partial charge in [-0.2, -0.15) is 0 Å². The van der Waals surface area contributed by atoms with E-state index in [-0.39, 0.29) is 18.9 Å². The highest BCUT2D eigenvalue weighted by molar-refractivity contribution is 5.40. The second kappa shape index (κ2) is 7.93. The van der Waals surface area contributed by atoms with Crippen molar-refractivity contribution in [1.82, 2.24) is 0 Å². The Kier molecular flexibility index (Phi) is 5.62. The molecule has 0 aliphatic rings. The predicted octanol–water partition coefficient (Wildman–Crippen LogP) is 2.59. The van der Waals surface area contributed by atoms with Crippen LogP contribution < -0.4 is 15.2 Å². The Morgan fingerprint density at radius 2 is 1.76 bits per heavy atom. The van der Waals surface area contributed by atoms with E-state index in [1.807, 2.05) is 30.3 Å². The minimum Gasteiger partial charge on any atom is -0.490 e. The molecule has 3 nitrogen and oxygen atoms in total. The molecule has 2 rings (SSSR count). The first kappa shape index (κ1) is 14.9.